The van der Waals surface area contributed by atoms with Gasteiger partial charge in [0, 0.05) is 12.2 Å². The Balaban J connectivity index is 2.32. The largest absolute Gasteiger partial charge is 0.478 e. The van der Waals surface area contributed by atoms with Crippen LogP contribution in [0.15, 0.2) is 11.1 Å². The number of carbonyl (C=O) groups excluding carboxylic acids is 1. The van der Waals surface area contributed by atoms with Crippen molar-refractivity contribution < 1.29 is 14.7 Å². The smallest absolute Gasteiger partial charge is 0.338 e. The van der Waals surface area contributed by atoms with Crippen LogP contribution >= 0.6 is 11.8 Å². The summed E-state index contributed by atoms with van der Waals surface area (Å²) in [5.41, 5.74) is 1.66. The molecule has 2 heterocycles. The zero-order valence-corrected chi connectivity index (χ0v) is 12.4. The van der Waals surface area contributed by atoms with Crippen molar-refractivity contribution in [2.45, 2.75) is 43.4 Å². The normalized spacial score (nSPS) is 19.3. The lowest BCUT2D eigenvalue weighted by atomic mass is 10.1. The van der Waals surface area contributed by atoms with Gasteiger partial charge in [-0.25, -0.2) is 9.78 Å². The number of aromatic nitrogens is 1. The van der Waals surface area contributed by atoms with E-state index in [4.69, 9.17) is 0 Å². The average Bonchev–Trinajstić information content (AvgIpc) is 2.53. The summed E-state index contributed by atoms with van der Waals surface area (Å²) in [6.07, 6.45) is 2.68. The molecule has 0 aliphatic carbocycles. The molecule has 0 spiro atoms. The molecule has 0 saturated carbocycles. The summed E-state index contributed by atoms with van der Waals surface area (Å²) in [5, 5.41) is 12.4. The van der Waals surface area contributed by atoms with Gasteiger partial charge in [0.05, 0.1) is 10.8 Å². The Morgan fingerprint density at radius 3 is 2.90 bits per heavy atom. The molecule has 1 fully saturated rings. The van der Waals surface area contributed by atoms with Crippen molar-refractivity contribution in [2.75, 3.05) is 6.54 Å². The third kappa shape index (κ3) is 3.30. The molecular formula is C14H18N2O3S. The Morgan fingerprint density at radius 2 is 2.20 bits per heavy atom. The predicted octanol–water partition coefficient (Wildman–Crippen LogP) is 2.16. The number of carbonyl (C=O) groups is 2. The van der Waals surface area contributed by atoms with Gasteiger partial charge in [-0.05, 0) is 38.3 Å². The summed E-state index contributed by atoms with van der Waals surface area (Å²) in [6.45, 7) is 4.28. The summed E-state index contributed by atoms with van der Waals surface area (Å²) < 4.78 is 0. The van der Waals surface area contributed by atoms with Gasteiger partial charge in [-0.3, -0.25) is 4.79 Å². The minimum atomic E-state index is -0.994. The lowest BCUT2D eigenvalue weighted by Crippen LogP contribution is -2.30. The Hall–Kier alpha value is -1.56. The third-order valence-electron chi connectivity index (χ3n) is 3.26. The molecule has 6 heteroatoms. The van der Waals surface area contributed by atoms with Crippen LogP contribution in [-0.4, -0.2) is 33.8 Å². The van der Waals surface area contributed by atoms with Crippen LogP contribution in [0.2, 0.25) is 0 Å². The van der Waals surface area contributed by atoms with E-state index >= 15 is 0 Å². The molecule has 1 aromatic rings. The first-order valence-electron chi connectivity index (χ1n) is 6.65. The van der Waals surface area contributed by atoms with Crippen LogP contribution in [0, 0.1) is 13.8 Å². The van der Waals surface area contributed by atoms with E-state index in [9.17, 15) is 14.7 Å². The maximum Gasteiger partial charge on any atom is 0.338 e. The maximum atomic E-state index is 12.0. The second kappa shape index (κ2) is 6.26. The Bertz CT molecular complexity index is 545. The van der Waals surface area contributed by atoms with Crippen LogP contribution in [0.25, 0.3) is 0 Å². The van der Waals surface area contributed by atoms with Gasteiger partial charge in [-0.15, -0.1) is 0 Å². The molecular weight excluding hydrogens is 276 g/mol. The van der Waals surface area contributed by atoms with E-state index in [1.54, 1.807) is 13.0 Å². The molecule has 1 saturated heterocycles. The molecule has 108 valence electrons. The molecule has 0 aromatic carbocycles. The van der Waals surface area contributed by atoms with E-state index in [0.29, 0.717) is 17.1 Å². The summed E-state index contributed by atoms with van der Waals surface area (Å²) in [4.78, 5) is 27.7. The summed E-state index contributed by atoms with van der Waals surface area (Å²) in [5.74, 6) is -1.02. The number of pyridine rings is 1. The van der Waals surface area contributed by atoms with Gasteiger partial charge in [0.15, 0.2) is 0 Å². The lowest BCUT2D eigenvalue weighted by molar-refractivity contribution is -0.120. The van der Waals surface area contributed by atoms with Crippen LogP contribution in [0.3, 0.4) is 0 Å². The van der Waals surface area contributed by atoms with Crippen molar-refractivity contribution in [3.63, 3.8) is 0 Å². The van der Waals surface area contributed by atoms with E-state index in [1.165, 1.54) is 11.8 Å². The van der Waals surface area contributed by atoms with Crippen molar-refractivity contribution in [1.29, 1.82) is 0 Å². The van der Waals surface area contributed by atoms with Crippen LogP contribution in [0.1, 0.15) is 40.9 Å². The second-order valence-corrected chi connectivity index (χ2v) is 6.15. The molecule has 1 aliphatic heterocycles. The van der Waals surface area contributed by atoms with E-state index in [0.717, 1.165) is 25.0 Å². The van der Waals surface area contributed by atoms with Gasteiger partial charge in [0.2, 0.25) is 5.91 Å². The number of carboxylic acid groups (broad SMARTS) is 1. The van der Waals surface area contributed by atoms with Crippen molar-refractivity contribution in [3.05, 3.63) is 22.9 Å². The monoisotopic (exact) mass is 294 g/mol. The van der Waals surface area contributed by atoms with Gasteiger partial charge >= 0.3 is 5.97 Å². The van der Waals surface area contributed by atoms with Crippen LogP contribution in [0.4, 0.5) is 0 Å². The highest BCUT2D eigenvalue weighted by Crippen LogP contribution is 2.31. The Labute approximate surface area is 122 Å². The zero-order chi connectivity index (χ0) is 14.7. The zero-order valence-electron chi connectivity index (χ0n) is 11.6. The number of nitrogens with one attached hydrogen (secondary N) is 1. The van der Waals surface area contributed by atoms with Gasteiger partial charge < -0.3 is 10.4 Å². The fourth-order valence-corrected chi connectivity index (χ4v) is 3.61. The quantitative estimate of drug-likeness (QED) is 0.893. The van der Waals surface area contributed by atoms with Crippen LogP contribution in [-0.2, 0) is 4.79 Å². The standard InChI is InChI=1S/C14H18N2O3S/c1-8-7-9(2)16-13(11(8)14(18)19)20-10-5-3-4-6-15-12(10)17/h7,10H,3-6H2,1-2H3,(H,15,17)(H,18,19). The fraction of sp³-hybridized carbons (Fsp3) is 0.500. The van der Waals surface area contributed by atoms with E-state index in [-0.39, 0.29) is 16.7 Å². The van der Waals surface area contributed by atoms with E-state index < -0.39 is 5.97 Å². The first-order valence-corrected chi connectivity index (χ1v) is 7.53. The number of nitrogens with zero attached hydrogens (tertiary/aromatic N) is 1. The highest BCUT2D eigenvalue weighted by molar-refractivity contribution is 8.00. The van der Waals surface area contributed by atoms with Gasteiger partial charge in [0.25, 0.3) is 0 Å². The molecule has 2 rings (SSSR count). The SMILES string of the molecule is Cc1cc(C)c(C(=O)O)c(SC2CCCCNC2=O)n1. The number of rotatable bonds is 3. The third-order valence-corrected chi connectivity index (χ3v) is 4.52. The number of amides is 1. The highest BCUT2D eigenvalue weighted by Gasteiger charge is 2.25. The number of hydrogen-bond acceptors (Lipinski definition) is 4. The van der Waals surface area contributed by atoms with Gasteiger partial charge in [-0.2, -0.15) is 0 Å². The maximum absolute atomic E-state index is 12.0. The van der Waals surface area contributed by atoms with Crippen LogP contribution < -0.4 is 5.32 Å². The number of carboxylic acids is 1. The molecule has 1 unspecified atom stereocenters. The number of aromatic carboxylic acids is 1. The van der Waals surface area contributed by atoms with Crippen molar-refractivity contribution >= 4 is 23.6 Å². The molecule has 1 aromatic heterocycles. The lowest BCUT2D eigenvalue weighted by Gasteiger charge is -2.15. The molecule has 1 amide bonds. The molecule has 20 heavy (non-hydrogen) atoms. The van der Waals surface area contributed by atoms with Crippen LogP contribution in [0.5, 0.6) is 0 Å². The minimum absolute atomic E-state index is 0.0233. The first-order chi connectivity index (χ1) is 9.49. The predicted molar refractivity (Wildman–Crippen MR) is 77.2 cm³/mol. The van der Waals surface area contributed by atoms with Crippen molar-refractivity contribution in [1.82, 2.24) is 10.3 Å². The Kier molecular flexibility index (Phi) is 4.65. The number of hydrogen-bond donors (Lipinski definition) is 2. The van der Waals surface area contributed by atoms with Gasteiger partial charge in [-0.1, -0.05) is 18.2 Å². The highest BCUT2D eigenvalue weighted by atomic mass is 32.2. The molecule has 1 atom stereocenters. The fourth-order valence-electron chi connectivity index (χ4n) is 2.31. The molecule has 2 N–H and O–H groups in total. The second-order valence-electron chi connectivity index (χ2n) is 4.96. The summed E-state index contributed by atoms with van der Waals surface area (Å²) in [7, 11) is 0. The summed E-state index contributed by atoms with van der Waals surface area (Å²) in [6, 6.07) is 1.75. The number of thioether (sulfide) groups is 1. The molecule has 0 bridgehead atoms. The molecule has 1 aliphatic rings. The average molecular weight is 294 g/mol. The molecule has 5 nitrogen and oxygen atoms in total. The van der Waals surface area contributed by atoms with Crippen molar-refractivity contribution in [3.8, 4) is 0 Å². The Morgan fingerprint density at radius 1 is 1.45 bits per heavy atom. The van der Waals surface area contributed by atoms with E-state index in [2.05, 4.69) is 10.3 Å². The topological polar surface area (TPSA) is 79.3 Å². The minimum Gasteiger partial charge on any atom is -0.478 e. The first kappa shape index (κ1) is 14.8. The van der Waals surface area contributed by atoms with Crippen molar-refractivity contribution in [2.24, 2.45) is 0 Å². The van der Waals surface area contributed by atoms with Gasteiger partial charge in [0.1, 0.15) is 5.03 Å². The number of aryl methyl sites for hydroxylation is 2. The summed E-state index contributed by atoms with van der Waals surface area (Å²) >= 11 is 1.27. The molecule has 0 radical (unpaired) electrons. The van der Waals surface area contributed by atoms with E-state index in [1.807, 2.05) is 6.92 Å².